The average Bonchev–Trinajstić information content (AvgIpc) is 2.00. The van der Waals surface area contributed by atoms with E-state index in [1.807, 2.05) is 0 Å². The Morgan fingerprint density at radius 3 is 1.73 bits per heavy atom. The summed E-state index contributed by atoms with van der Waals surface area (Å²) in [5, 5.41) is -1.63. The molecule has 0 unspecified atom stereocenters. The predicted molar refractivity (Wildman–Crippen MR) is 31.0 cm³/mol. The molecule has 1 nitrogen and oxygen atoms in total. The van der Waals surface area contributed by atoms with E-state index in [-0.39, 0.29) is 46.5 Å². The maximum atomic E-state index is 12.4. The van der Waals surface area contributed by atoms with Crippen LogP contribution in [-0.2, 0) is 21.7 Å². The van der Waals surface area contributed by atoms with Crippen molar-refractivity contribution in [3.05, 3.63) is 29.6 Å². The summed E-state index contributed by atoms with van der Waals surface area (Å²) in [6, 6.07) is 0.855. The zero-order valence-electron chi connectivity index (χ0n) is 6.75. The Kier molecular flexibility index (Phi) is 11.1. The Balaban J connectivity index is -0.000000480. The summed E-state index contributed by atoms with van der Waals surface area (Å²) in [4.78, 5) is 0. The minimum Gasteiger partial charge on any atom is -1.00 e. The van der Waals surface area contributed by atoms with Crippen molar-refractivity contribution in [3.63, 3.8) is 0 Å². The Hall–Kier alpha value is -0.0357. The van der Waals surface area contributed by atoms with Crippen LogP contribution in [0.15, 0.2) is 12.1 Å². The van der Waals surface area contributed by atoms with Crippen molar-refractivity contribution < 1.29 is 68.7 Å². The zero-order chi connectivity index (χ0) is 9.30. The molecule has 1 aromatic rings. The van der Waals surface area contributed by atoms with Gasteiger partial charge in [-0.2, -0.15) is 0 Å². The number of halogens is 7. The fraction of sp³-hybridized carbons (Fsp3) is 0. The van der Waals surface area contributed by atoms with Crippen LogP contribution in [0, 0.1) is 17.5 Å². The molecule has 0 bridgehead atoms. The van der Waals surface area contributed by atoms with Crippen LogP contribution in [-0.4, -0.2) is 0 Å². The molecule has 0 aromatic heterocycles. The van der Waals surface area contributed by atoms with Gasteiger partial charge in [0.15, 0.2) is 17.5 Å². The molecule has 0 saturated carbocycles. The molecule has 0 fully saturated rings. The van der Waals surface area contributed by atoms with E-state index in [1.165, 1.54) is 0 Å². The van der Waals surface area contributed by atoms with E-state index in [9.17, 15) is 22.1 Å². The van der Waals surface area contributed by atoms with Crippen molar-refractivity contribution in [3.8, 4) is 0 Å². The quantitative estimate of drug-likeness (QED) is 0.227. The summed E-state index contributed by atoms with van der Waals surface area (Å²) < 4.78 is 60.1. The molecule has 0 radical (unpaired) electrons. The fourth-order valence-corrected chi connectivity index (χ4v) is 0.646. The standard InChI is InChI=1S/C6H2F5N.2ClH.Ti/c7-3-1-2-4(12(10)11)6(9)5(3)8;;;/h1-2H;2*1H;/q;;;+2/p-2. The minimum atomic E-state index is -1.91. The molecule has 9 heteroatoms. The van der Waals surface area contributed by atoms with Gasteiger partial charge in [0.2, 0.25) is 0 Å². The smallest absolute Gasteiger partial charge is 1.00 e. The maximum absolute atomic E-state index is 12.4. The third-order valence-corrected chi connectivity index (χ3v) is 1.20. The summed E-state index contributed by atoms with van der Waals surface area (Å²) in [6.07, 6.45) is 0. The van der Waals surface area contributed by atoms with E-state index in [4.69, 9.17) is 0 Å². The van der Waals surface area contributed by atoms with Crippen molar-refractivity contribution >= 4 is 5.69 Å². The Morgan fingerprint density at radius 2 is 1.33 bits per heavy atom. The van der Waals surface area contributed by atoms with Gasteiger partial charge < -0.3 is 24.8 Å². The molecular weight excluding hydrogens is 300 g/mol. The Labute approximate surface area is 109 Å². The Bertz CT molecular complexity index is 312. The first-order valence-electron chi connectivity index (χ1n) is 2.79. The first-order valence-corrected chi connectivity index (χ1v) is 2.79. The van der Waals surface area contributed by atoms with Crippen molar-refractivity contribution in [1.29, 1.82) is 0 Å². The third-order valence-electron chi connectivity index (χ3n) is 1.20. The fourth-order valence-electron chi connectivity index (χ4n) is 0.646. The summed E-state index contributed by atoms with van der Waals surface area (Å²) in [5.74, 6) is -5.31. The molecule has 1 rings (SSSR count). The van der Waals surface area contributed by atoms with Gasteiger partial charge in [0.25, 0.3) is 0 Å². The molecule has 84 valence electrons. The first kappa shape index (κ1) is 20.4. The van der Waals surface area contributed by atoms with Crippen LogP contribution in [0.25, 0.3) is 0 Å². The molecule has 0 aliphatic rings. The topological polar surface area (TPSA) is 3.24 Å². The number of nitrogens with zero attached hydrogens (tertiary/aromatic N) is 1. The predicted octanol–water partition coefficient (Wildman–Crippen LogP) is -3.32. The van der Waals surface area contributed by atoms with E-state index >= 15 is 0 Å². The van der Waals surface area contributed by atoms with Crippen molar-refractivity contribution in [2.45, 2.75) is 0 Å². The van der Waals surface area contributed by atoms with Gasteiger partial charge in [-0.15, -0.1) is 0 Å². The number of anilines is 1. The monoisotopic (exact) mass is 301 g/mol. The van der Waals surface area contributed by atoms with Gasteiger partial charge in [-0.05, 0) is 17.5 Å². The molecule has 1 aromatic carbocycles. The third kappa shape index (κ3) is 4.55. The molecule has 0 aliphatic heterocycles. The number of rotatable bonds is 1. The van der Waals surface area contributed by atoms with Gasteiger partial charge in [0.05, 0.1) is 0 Å². The van der Waals surface area contributed by atoms with E-state index in [1.54, 1.807) is 0 Å². The van der Waals surface area contributed by atoms with Crippen molar-refractivity contribution in [1.82, 2.24) is 0 Å². The molecule has 0 atom stereocenters. The minimum absolute atomic E-state index is 0. The van der Waals surface area contributed by atoms with Gasteiger partial charge >= 0.3 is 21.7 Å². The van der Waals surface area contributed by atoms with Crippen molar-refractivity contribution in [2.75, 3.05) is 5.34 Å². The maximum Gasteiger partial charge on any atom is 2.00 e. The molecule has 0 heterocycles. The number of hydrogen-bond donors (Lipinski definition) is 0. The van der Waals surface area contributed by atoms with Crippen LogP contribution >= 0.6 is 0 Å². The van der Waals surface area contributed by atoms with Crippen LogP contribution in [0.3, 0.4) is 0 Å². The normalized spacial score (nSPS) is 8.07. The first-order chi connectivity index (χ1) is 5.54. The SMILES string of the molecule is Fc1ccc(N(F)F)c(F)c1F.[Cl-].[Cl-].[Ti+2]. The van der Waals surface area contributed by atoms with Crippen LogP contribution in [0.2, 0.25) is 0 Å². The van der Waals surface area contributed by atoms with Crippen LogP contribution < -0.4 is 30.2 Å². The molecule has 0 aliphatic carbocycles. The molecule has 0 saturated heterocycles. The van der Waals surface area contributed by atoms with E-state index in [0.717, 1.165) is 0 Å². The van der Waals surface area contributed by atoms with Gasteiger partial charge in [-0.3, -0.25) is 0 Å². The molecule has 0 amide bonds. The summed E-state index contributed by atoms with van der Waals surface area (Å²) in [6.45, 7) is 0. The average molecular weight is 302 g/mol. The largest absolute Gasteiger partial charge is 2.00 e. The van der Waals surface area contributed by atoms with Gasteiger partial charge in [-0.25, -0.2) is 13.2 Å². The second kappa shape index (κ2) is 8.16. The van der Waals surface area contributed by atoms with E-state index in [0.29, 0.717) is 12.1 Å². The van der Waals surface area contributed by atoms with Gasteiger partial charge in [-0.1, -0.05) is 8.96 Å². The zero-order valence-corrected chi connectivity index (χ0v) is 9.82. The summed E-state index contributed by atoms with van der Waals surface area (Å²) in [7, 11) is 0. The molecule has 0 N–H and O–H groups in total. The summed E-state index contributed by atoms with van der Waals surface area (Å²) in [5.41, 5.74) is -1.30. The molecular formula is C6H2Cl2F5NTi. The van der Waals surface area contributed by atoms with Gasteiger partial charge in [0.1, 0.15) is 5.69 Å². The van der Waals surface area contributed by atoms with E-state index in [2.05, 4.69) is 0 Å². The second-order valence-electron chi connectivity index (χ2n) is 1.93. The molecule has 0 spiro atoms. The van der Waals surface area contributed by atoms with Crippen molar-refractivity contribution in [2.24, 2.45) is 0 Å². The van der Waals surface area contributed by atoms with Gasteiger partial charge in [0, 0.05) is 0 Å². The Morgan fingerprint density at radius 1 is 0.867 bits per heavy atom. The number of hydrogen-bond acceptors (Lipinski definition) is 1. The summed E-state index contributed by atoms with van der Waals surface area (Å²) >= 11 is 0. The van der Waals surface area contributed by atoms with Crippen LogP contribution in [0.4, 0.5) is 27.8 Å². The van der Waals surface area contributed by atoms with Crippen LogP contribution in [0.1, 0.15) is 0 Å². The molecule has 15 heavy (non-hydrogen) atoms. The number of benzene rings is 1. The second-order valence-corrected chi connectivity index (χ2v) is 1.93. The van der Waals surface area contributed by atoms with E-state index < -0.39 is 28.5 Å². The van der Waals surface area contributed by atoms with Crippen LogP contribution in [0.5, 0.6) is 0 Å².